The van der Waals surface area contributed by atoms with Crippen molar-refractivity contribution in [1.82, 2.24) is 14.5 Å². The molecule has 174 valence electrons. The molecule has 0 saturated heterocycles. The van der Waals surface area contributed by atoms with Crippen LogP contribution in [0, 0.1) is 5.82 Å². The molecule has 1 unspecified atom stereocenters. The molecule has 0 spiro atoms. The minimum absolute atomic E-state index is 0.0940. The van der Waals surface area contributed by atoms with Crippen molar-refractivity contribution < 1.29 is 9.18 Å². The third-order valence-corrected chi connectivity index (χ3v) is 7.75. The zero-order chi connectivity index (χ0) is 22.9. The van der Waals surface area contributed by atoms with Crippen molar-refractivity contribution in [3.8, 4) is 0 Å². The van der Waals surface area contributed by atoms with Crippen LogP contribution < -0.4 is 0 Å². The Morgan fingerprint density at radius 1 is 1.09 bits per heavy atom. The van der Waals surface area contributed by atoms with Gasteiger partial charge in [-0.3, -0.25) is 4.79 Å². The van der Waals surface area contributed by atoms with E-state index >= 15 is 0 Å². The maximum absolute atomic E-state index is 13.8. The number of aromatic nitrogens is 2. The van der Waals surface area contributed by atoms with Gasteiger partial charge in [-0.15, -0.1) is 0 Å². The monoisotopic (exact) mass is 467 g/mol. The summed E-state index contributed by atoms with van der Waals surface area (Å²) < 4.78 is 15.8. The number of halogens is 2. The molecule has 1 heterocycles. The smallest absolute Gasteiger partial charge is 0.230 e. The van der Waals surface area contributed by atoms with Crippen molar-refractivity contribution in [2.45, 2.75) is 82.8 Å². The van der Waals surface area contributed by atoms with Crippen LogP contribution >= 0.6 is 11.6 Å². The topological polar surface area (TPSA) is 38.1 Å². The fourth-order valence-corrected chi connectivity index (χ4v) is 5.86. The third-order valence-electron chi connectivity index (χ3n) is 7.52. The summed E-state index contributed by atoms with van der Waals surface area (Å²) in [6.45, 7) is 2.43. The van der Waals surface area contributed by atoms with E-state index in [0.717, 1.165) is 60.9 Å². The van der Waals surface area contributed by atoms with Gasteiger partial charge in [0, 0.05) is 17.1 Å². The number of amides is 1. The summed E-state index contributed by atoms with van der Waals surface area (Å²) >= 11 is 6.35. The number of nitrogens with zero attached hydrogens (tertiary/aromatic N) is 3. The first-order valence-corrected chi connectivity index (χ1v) is 12.6. The van der Waals surface area contributed by atoms with Gasteiger partial charge in [-0.1, -0.05) is 49.4 Å². The Kier molecular flexibility index (Phi) is 6.42. The second kappa shape index (κ2) is 9.46. The average Bonchev–Trinajstić information content (AvgIpc) is 3.57. The average molecular weight is 468 g/mol. The fourth-order valence-electron chi connectivity index (χ4n) is 5.70. The van der Waals surface area contributed by atoms with Gasteiger partial charge in [0.2, 0.25) is 5.91 Å². The minimum Gasteiger partial charge on any atom is -0.332 e. The lowest BCUT2D eigenvalue weighted by Crippen LogP contribution is -2.41. The highest BCUT2D eigenvalue weighted by atomic mass is 35.5. The van der Waals surface area contributed by atoms with Crippen molar-refractivity contribution in [2.75, 3.05) is 0 Å². The van der Waals surface area contributed by atoms with Crippen LogP contribution in [0.2, 0.25) is 5.02 Å². The molecule has 1 atom stereocenters. The van der Waals surface area contributed by atoms with E-state index in [1.54, 1.807) is 12.1 Å². The van der Waals surface area contributed by atoms with E-state index in [9.17, 15) is 9.18 Å². The van der Waals surface area contributed by atoms with E-state index in [2.05, 4.69) is 9.47 Å². The van der Waals surface area contributed by atoms with E-state index in [1.807, 2.05) is 25.1 Å². The van der Waals surface area contributed by atoms with Gasteiger partial charge in [-0.2, -0.15) is 0 Å². The highest BCUT2D eigenvalue weighted by Gasteiger charge is 2.32. The van der Waals surface area contributed by atoms with Gasteiger partial charge < -0.3 is 9.47 Å². The predicted molar refractivity (Wildman–Crippen MR) is 130 cm³/mol. The number of imidazole rings is 1. The van der Waals surface area contributed by atoms with Crippen LogP contribution in [0.4, 0.5) is 4.39 Å². The Morgan fingerprint density at radius 3 is 2.45 bits per heavy atom. The Balaban J connectivity index is 1.51. The van der Waals surface area contributed by atoms with Crippen molar-refractivity contribution in [3.05, 3.63) is 64.7 Å². The molecule has 2 aliphatic rings. The summed E-state index contributed by atoms with van der Waals surface area (Å²) in [6.07, 6.45) is 9.05. The summed E-state index contributed by atoms with van der Waals surface area (Å²) in [6, 6.07) is 12.8. The zero-order valence-electron chi connectivity index (χ0n) is 19.1. The first kappa shape index (κ1) is 22.4. The largest absolute Gasteiger partial charge is 0.332 e. The Morgan fingerprint density at radius 2 is 1.76 bits per heavy atom. The SMILES string of the molecule is CC(C(=O)N(Cc1nc2ccc(Cl)cc2n1C1CCCC1)C1CCCC1)c1ccc(F)cc1. The summed E-state index contributed by atoms with van der Waals surface area (Å²) in [5, 5.41) is 0.710. The van der Waals surface area contributed by atoms with Crippen LogP contribution in [-0.4, -0.2) is 26.4 Å². The molecule has 6 heteroatoms. The van der Waals surface area contributed by atoms with E-state index in [4.69, 9.17) is 16.6 Å². The maximum Gasteiger partial charge on any atom is 0.230 e. The first-order valence-electron chi connectivity index (χ1n) is 12.2. The van der Waals surface area contributed by atoms with Crippen LogP contribution in [0.5, 0.6) is 0 Å². The summed E-state index contributed by atoms with van der Waals surface area (Å²) in [5.41, 5.74) is 2.85. The number of hydrogen-bond acceptors (Lipinski definition) is 2. The first-order chi connectivity index (χ1) is 16.0. The molecule has 2 aromatic carbocycles. The molecule has 2 saturated carbocycles. The molecule has 2 fully saturated rings. The highest BCUT2D eigenvalue weighted by Crippen LogP contribution is 2.36. The van der Waals surface area contributed by atoms with Crippen LogP contribution in [0.15, 0.2) is 42.5 Å². The van der Waals surface area contributed by atoms with E-state index in [0.29, 0.717) is 17.6 Å². The lowest BCUT2D eigenvalue weighted by Gasteiger charge is -2.32. The number of fused-ring (bicyclic) bond motifs is 1. The number of carbonyl (C=O) groups excluding carboxylic acids is 1. The molecule has 1 aromatic heterocycles. The summed E-state index contributed by atoms with van der Waals surface area (Å²) in [5.74, 6) is 0.433. The van der Waals surface area contributed by atoms with E-state index < -0.39 is 0 Å². The molecule has 0 radical (unpaired) electrons. The molecule has 4 nitrogen and oxygen atoms in total. The second-order valence-corrected chi connectivity index (χ2v) is 10.1. The second-order valence-electron chi connectivity index (χ2n) is 9.65. The van der Waals surface area contributed by atoms with Crippen molar-refractivity contribution in [2.24, 2.45) is 0 Å². The van der Waals surface area contributed by atoms with Gasteiger partial charge in [0.1, 0.15) is 11.6 Å². The van der Waals surface area contributed by atoms with Gasteiger partial charge in [-0.05, 0) is 68.5 Å². The van der Waals surface area contributed by atoms with Crippen LogP contribution in [0.1, 0.15) is 81.6 Å². The van der Waals surface area contributed by atoms with Gasteiger partial charge in [0.05, 0.1) is 23.5 Å². The van der Waals surface area contributed by atoms with Gasteiger partial charge in [-0.25, -0.2) is 9.37 Å². The number of rotatable bonds is 6. The highest BCUT2D eigenvalue weighted by molar-refractivity contribution is 6.31. The van der Waals surface area contributed by atoms with Crippen molar-refractivity contribution in [1.29, 1.82) is 0 Å². The number of hydrogen-bond donors (Lipinski definition) is 0. The fraction of sp³-hybridized carbons (Fsp3) is 0.481. The predicted octanol–water partition coefficient (Wildman–Crippen LogP) is 7.02. The van der Waals surface area contributed by atoms with Crippen molar-refractivity contribution in [3.63, 3.8) is 0 Å². The number of benzene rings is 2. The molecule has 33 heavy (non-hydrogen) atoms. The third kappa shape index (κ3) is 4.52. The lowest BCUT2D eigenvalue weighted by atomic mass is 9.98. The molecule has 0 N–H and O–H groups in total. The molecule has 3 aromatic rings. The molecular formula is C27H31ClFN3O. The number of carbonyl (C=O) groups is 1. The van der Waals surface area contributed by atoms with Crippen molar-refractivity contribution >= 4 is 28.5 Å². The molecule has 1 amide bonds. The lowest BCUT2D eigenvalue weighted by molar-refractivity contribution is -0.135. The zero-order valence-corrected chi connectivity index (χ0v) is 19.9. The van der Waals surface area contributed by atoms with Gasteiger partial charge in [0.25, 0.3) is 0 Å². The summed E-state index contributed by atoms with van der Waals surface area (Å²) in [7, 11) is 0. The van der Waals surface area contributed by atoms with Gasteiger partial charge in [0.15, 0.2) is 0 Å². The Hall–Kier alpha value is -2.40. The maximum atomic E-state index is 13.8. The van der Waals surface area contributed by atoms with E-state index in [-0.39, 0.29) is 23.7 Å². The van der Waals surface area contributed by atoms with Crippen LogP contribution in [-0.2, 0) is 11.3 Å². The Bertz CT molecular complexity index is 1130. The molecule has 5 rings (SSSR count). The quantitative estimate of drug-likeness (QED) is 0.390. The minimum atomic E-state index is -0.329. The molecule has 2 aliphatic carbocycles. The van der Waals surface area contributed by atoms with E-state index in [1.165, 1.54) is 25.0 Å². The van der Waals surface area contributed by atoms with Crippen LogP contribution in [0.25, 0.3) is 11.0 Å². The Labute approximate surface area is 199 Å². The van der Waals surface area contributed by atoms with Gasteiger partial charge >= 0.3 is 0 Å². The molecule has 0 bridgehead atoms. The molecular weight excluding hydrogens is 437 g/mol. The molecule has 0 aliphatic heterocycles. The standard InChI is InChI=1S/C27H31ClFN3O/c1-18(19-10-13-21(29)14-11-19)27(33)31(22-6-2-3-7-22)17-26-30-24-15-12-20(28)16-25(24)32(26)23-8-4-5-9-23/h10-16,18,22-23H,2-9,17H2,1H3. The summed E-state index contributed by atoms with van der Waals surface area (Å²) in [4.78, 5) is 20.8. The van der Waals surface area contributed by atoms with Crippen LogP contribution in [0.3, 0.4) is 0 Å². The normalized spacial score (nSPS) is 18.3.